The van der Waals surface area contributed by atoms with E-state index in [2.05, 4.69) is 22.6 Å². The highest BCUT2D eigenvalue weighted by atomic mass is 32.2. The molecule has 0 unspecified atom stereocenters. The lowest BCUT2D eigenvalue weighted by Crippen LogP contribution is -2.27. The lowest BCUT2D eigenvalue weighted by atomic mass is 10.1. The van der Waals surface area contributed by atoms with Crippen molar-refractivity contribution in [3.05, 3.63) is 88.7 Å². The minimum atomic E-state index is -0.239. The van der Waals surface area contributed by atoms with E-state index in [0.717, 1.165) is 28.3 Å². The first-order valence-corrected chi connectivity index (χ1v) is 8.81. The monoisotopic (exact) mass is 357 g/mol. The summed E-state index contributed by atoms with van der Waals surface area (Å²) < 4.78 is 16.8. The molecule has 0 bridgehead atoms. The largest absolute Gasteiger partial charge is 0.298 e. The van der Waals surface area contributed by atoms with Crippen LogP contribution < -0.4 is 5.56 Å². The highest BCUT2D eigenvalue weighted by molar-refractivity contribution is 7.97. The maximum absolute atomic E-state index is 13.0. The quantitative estimate of drug-likeness (QED) is 0.633. The van der Waals surface area contributed by atoms with Crippen LogP contribution in [0.1, 0.15) is 11.3 Å². The highest BCUT2D eigenvalue weighted by Gasteiger charge is 2.23. The Bertz CT molecular complexity index is 864. The zero-order chi connectivity index (χ0) is 17.8. The van der Waals surface area contributed by atoms with Crippen LogP contribution in [0.15, 0.2) is 70.9 Å². The molecule has 0 amide bonds. The van der Waals surface area contributed by atoms with E-state index in [1.807, 2.05) is 6.08 Å². The third-order valence-corrected chi connectivity index (χ3v) is 5.12. The van der Waals surface area contributed by atoms with Gasteiger partial charge in [-0.15, -0.1) is 0 Å². The summed E-state index contributed by atoms with van der Waals surface area (Å²) in [6, 6.07) is 6.44. The molecule has 0 saturated carbocycles. The van der Waals surface area contributed by atoms with Crippen LogP contribution in [-0.4, -0.2) is 20.6 Å². The van der Waals surface area contributed by atoms with Crippen molar-refractivity contribution in [2.24, 2.45) is 0 Å². The van der Waals surface area contributed by atoms with Crippen molar-refractivity contribution >= 4 is 11.9 Å². The standard InChI is InChI=1S/C19H20FN3OS/c1-3-5-14(4-2)12-23-19(24)17-10-11-22(13-18(17)21-23)25-16-8-6-15(20)7-9-16/h3-9,21H,1-2,10-13H2/b14-5+. The second-order valence-electron chi connectivity index (χ2n) is 5.80. The van der Waals surface area contributed by atoms with Crippen molar-refractivity contribution in [3.8, 4) is 0 Å². The van der Waals surface area contributed by atoms with E-state index in [0.29, 0.717) is 19.5 Å². The Hall–Kier alpha value is -2.31. The van der Waals surface area contributed by atoms with Gasteiger partial charge in [0, 0.05) is 17.0 Å². The van der Waals surface area contributed by atoms with E-state index in [4.69, 9.17) is 0 Å². The second-order valence-corrected chi connectivity index (χ2v) is 6.97. The van der Waals surface area contributed by atoms with E-state index in [9.17, 15) is 9.18 Å². The third-order valence-electron chi connectivity index (χ3n) is 4.07. The van der Waals surface area contributed by atoms with Gasteiger partial charge in [0.1, 0.15) is 5.82 Å². The zero-order valence-electron chi connectivity index (χ0n) is 13.9. The summed E-state index contributed by atoms with van der Waals surface area (Å²) in [4.78, 5) is 13.5. The molecule has 0 aliphatic carbocycles. The number of H-pyrrole nitrogens is 1. The van der Waals surface area contributed by atoms with Gasteiger partial charge in [-0.25, -0.2) is 13.4 Å². The first-order valence-electron chi connectivity index (χ1n) is 8.03. The van der Waals surface area contributed by atoms with Gasteiger partial charge in [0.15, 0.2) is 0 Å². The molecule has 0 radical (unpaired) electrons. The molecule has 130 valence electrons. The van der Waals surface area contributed by atoms with Crippen LogP contribution in [0.5, 0.6) is 0 Å². The summed E-state index contributed by atoms with van der Waals surface area (Å²) in [7, 11) is 0. The molecule has 6 heteroatoms. The Morgan fingerprint density at radius 1 is 1.32 bits per heavy atom. The van der Waals surface area contributed by atoms with Gasteiger partial charge in [-0.2, -0.15) is 0 Å². The van der Waals surface area contributed by atoms with Crippen molar-refractivity contribution in [2.75, 3.05) is 6.54 Å². The molecule has 3 rings (SSSR count). The average molecular weight is 357 g/mol. The fourth-order valence-electron chi connectivity index (χ4n) is 2.81. The molecule has 1 aromatic carbocycles. The smallest absolute Gasteiger partial charge is 0.270 e. The molecule has 1 aromatic heterocycles. The van der Waals surface area contributed by atoms with Crippen LogP contribution in [0.2, 0.25) is 0 Å². The first-order chi connectivity index (χ1) is 12.1. The SMILES string of the molecule is C=C/C=C(\C=C)Cn1[nH]c2c(c1=O)CCN(Sc1ccc(F)cc1)C2. The van der Waals surface area contributed by atoms with Crippen molar-refractivity contribution < 1.29 is 4.39 Å². The maximum Gasteiger partial charge on any atom is 0.270 e. The molecule has 25 heavy (non-hydrogen) atoms. The predicted octanol–water partition coefficient (Wildman–Crippen LogP) is 3.68. The van der Waals surface area contributed by atoms with Gasteiger partial charge in [0.2, 0.25) is 0 Å². The summed E-state index contributed by atoms with van der Waals surface area (Å²) in [5.74, 6) is -0.239. The van der Waals surface area contributed by atoms with Crippen molar-refractivity contribution in [1.82, 2.24) is 14.1 Å². The van der Waals surface area contributed by atoms with Crippen LogP contribution in [0.25, 0.3) is 0 Å². The fraction of sp³-hybridized carbons (Fsp3) is 0.211. The lowest BCUT2D eigenvalue weighted by Gasteiger charge is -2.24. The summed E-state index contributed by atoms with van der Waals surface area (Å²) in [6.45, 7) is 9.32. The predicted molar refractivity (Wildman–Crippen MR) is 99.9 cm³/mol. The lowest BCUT2D eigenvalue weighted by molar-refractivity contribution is 0.436. The number of benzene rings is 1. The number of halogens is 1. The number of hydrogen-bond donors (Lipinski definition) is 1. The van der Waals surface area contributed by atoms with Crippen molar-refractivity contribution in [2.45, 2.75) is 24.4 Å². The number of rotatable bonds is 6. The summed E-state index contributed by atoms with van der Waals surface area (Å²) in [5.41, 5.74) is 2.73. The Balaban J connectivity index is 1.75. The minimum Gasteiger partial charge on any atom is -0.298 e. The van der Waals surface area contributed by atoms with Crippen LogP contribution in [-0.2, 0) is 19.5 Å². The van der Waals surface area contributed by atoms with Gasteiger partial charge in [-0.1, -0.05) is 31.4 Å². The molecule has 0 saturated heterocycles. The Morgan fingerprint density at radius 3 is 2.76 bits per heavy atom. The van der Waals surface area contributed by atoms with Crippen LogP contribution >= 0.6 is 11.9 Å². The molecule has 0 atom stereocenters. The number of aromatic nitrogens is 2. The van der Waals surface area contributed by atoms with Gasteiger partial charge in [-0.05, 0) is 48.2 Å². The van der Waals surface area contributed by atoms with Crippen molar-refractivity contribution in [3.63, 3.8) is 0 Å². The topological polar surface area (TPSA) is 41.0 Å². The molecule has 1 aliphatic heterocycles. The van der Waals surface area contributed by atoms with Crippen LogP contribution in [0.3, 0.4) is 0 Å². The highest BCUT2D eigenvalue weighted by Crippen LogP contribution is 2.27. The average Bonchev–Trinajstić information content (AvgIpc) is 2.92. The molecule has 2 aromatic rings. The number of fused-ring (bicyclic) bond motifs is 1. The van der Waals surface area contributed by atoms with Gasteiger partial charge in [0.25, 0.3) is 5.56 Å². The Morgan fingerprint density at radius 2 is 2.08 bits per heavy atom. The van der Waals surface area contributed by atoms with Gasteiger partial charge in [-0.3, -0.25) is 9.89 Å². The zero-order valence-corrected chi connectivity index (χ0v) is 14.7. The first kappa shape index (κ1) is 17.5. The summed E-state index contributed by atoms with van der Waals surface area (Å²) >= 11 is 1.57. The third kappa shape index (κ3) is 4.03. The number of nitrogens with one attached hydrogen (secondary N) is 1. The molecule has 2 heterocycles. The minimum absolute atomic E-state index is 0.0262. The maximum atomic E-state index is 13.0. The Labute approximate surface area is 150 Å². The number of nitrogens with zero attached hydrogens (tertiary/aromatic N) is 2. The fourth-order valence-corrected chi connectivity index (χ4v) is 3.74. The number of allylic oxidation sites excluding steroid dienone is 4. The van der Waals surface area contributed by atoms with Gasteiger partial charge < -0.3 is 0 Å². The van der Waals surface area contributed by atoms with E-state index >= 15 is 0 Å². The summed E-state index contributed by atoms with van der Waals surface area (Å²) in [6.07, 6.45) is 5.95. The molecule has 4 nitrogen and oxygen atoms in total. The molecule has 0 spiro atoms. The molecule has 0 fully saturated rings. The normalized spacial score (nSPS) is 15.0. The van der Waals surface area contributed by atoms with E-state index in [-0.39, 0.29) is 11.4 Å². The number of aromatic amines is 1. The molecular formula is C19H20FN3OS. The molecule has 1 aliphatic rings. The van der Waals surface area contributed by atoms with Crippen LogP contribution in [0.4, 0.5) is 4.39 Å². The van der Waals surface area contributed by atoms with Crippen LogP contribution in [0, 0.1) is 5.82 Å². The van der Waals surface area contributed by atoms with Gasteiger partial charge >= 0.3 is 0 Å². The Kier molecular flexibility index (Phi) is 5.40. The molecule has 1 N–H and O–H groups in total. The summed E-state index contributed by atoms with van der Waals surface area (Å²) in [5, 5.41) is 3.22. The van der Waals surface area contributed by atoms with E-state index in [1.165, 1.54) is 12.1 Å². The van der Waals surface area contributed by atoms with Crippen molar-refractivity contribution in [1.29, 1.82) is 0 Å². The second kappa shape index (κ2) is 7.72. The van der Waals surface area contributed by atoms with E-state index < -0.39 is 0 Å². The van der Waals surface area contributed by atoms with E-state index in [1.54, 1.807) is 40.9 Å². The molecular weight excluding hydrogens is 337 g/mol. The number of hydrogen-bond acceptors (Lipinski definition) is 3. The van der Waals surface area contributed by atoms with Gasteiger partial charge in [0.05, 0.1) is 18.8 Å².